The van der Waals surface area contributed by atoms with E-state index in [0.717, 1.165) is 50.6 Å². The van der Waals surface area contributed by atoms with Crippen LogP contribution >= 0.6 is 11.8 Å². The lowest BCUT2D eigenvalue weighted by Gasteiger charge is -2.26. The van der Waals surface area contributed by atoms with Gasteiger partial charge < -0.3 is 19.5 Å². The van der Waals surface area contributed by atoms with Crippen LogP contribution < -0.4 is 4.65 Å². The molecule has 1 saturated carbocycles. The van der Waals surface area contributed by atoms with Crippen LogP contribution in [0.5, 0.6) is 5.75 Å². The van der Waals surface area contributed by atoms with Gasteiger partial charge in [0.05, 0.1) is 13.2 Å². The highest BCUT2D eigenvalue weighted by molar-refractivity contribution is 7.99. The monoisotopic (exact) mass is 349 g/mol. The summed E-state index contributed by atoms with van der Waals surface area (Å²) >= 11 is 1.53. The van der Waals surface area contributed by atoms with E-state index in [1.807, 2.05) is 12.1 Å². The maximum Gasteiger partial charge on any atom is 0.526 e. The zero-order valence-electron chi connectivity index (χ0n) is 13.3. The molecule has 1 aromatic rings. The Morgan fingerprint density at radius 3 is 2.92 bits per heavy atom. The van der Waals surface area contributed by atoms with Crippen LogP contribution in [0.2, 0.25) is 5.82 Å². The average Bonchev–Trinajstić information content (AvgIpc) is 3.37. The van der Waals surface area contributed by atoms with Crippen molar-refractivity contribution >= 4 is 24.8 Å². The Bertz CT molecular complexity index is 652. The zero-order chi connectivity index (χ0) is 16.7. The summed E-state index contributed by atoms with van der Waals surface area (Å²) in [5.74, 6) is 0.554. The summed E-state index contributed by atoms with van der Waals surface area (Å²) < 4.78 is 10.9. The van der Waals surface area contributed by atoms with Gasteiger partial charge in [-0.15, -0.1) is 11.8 Å². The SMILES string of the molecule is O=C(O)c1c(SCCN2CCOCC2)ccc2c1OB(O)C1CC21. The number of benzene rings is 1. The minimum absolute atomic E-state index is 0.124. The predicted molar refractivity (Wildman–Crippen MR) is 91.1 cm³/mol. The second-order valence-electron chi connectivity index (χ2n) is 6.48. The first-order valence-corrected chi connectivity index (χ1v) is 9.31. The van der Waals surface area contributed by atoms with E-state index in [9.17, 15) is 14.9 Å². The van der Waals surface area contributed by atoms with Gasteiger partial charge in [0.25, 0.3) is 0 Å². The molecule has 1 aromatic carbocycles. The molecule has 0 aromatic heterocycles. The van der Waals surface area contributed by atoms with Gasteiger partial charge in [-0.3, -0.25) is 4.90 Å². The van der Waals surface area contributed by atoms with Gasteiger partial charge in [-0.2, -0.15) is 0 Å². The summed E-state index contributed by atoms with van der Waals surface area (Å²) in [6, 6.07) is 3.86. The fraction of sp³-hybridized carbons (Fsp3) is 0.562. The molecule has 2 fully saturated rings. The summed E-state index contributed by atoms with van der Waals surface area (Å²) in [6.07, 6.45) is 0.872. The normalized spacial score (nSPS) is 25.6. The lowest BCUT2D eigenvalue weighted by atomic mass is 9.77. The minimum atomic E-state index is -0.993. The number of fused-ring (bicyclic) bond motifs is 3. The minimum Gasteiger partial charge on any atom is -0.535 e. The Morgan fingerprint density at radius 1 is 1.38 bits per heavy atom. The van der Waals surface area contributed by atoms with Crippen molar-refractivity contribution in [2.24, 2.45) is 0 Å². The molecule has 6 nitrogen and oxygen atoms in total. The number of nitrogens with zero attached hydrogens (tertiary/aromatic N) is 1. The van der Waals surface area contributed by atoms with Gasteiger partial charge >= 0.3 is 13.1 Å². The lowest BCUT2D eigenvalue weighted by molar-refractivity contribution is 0.0410. The van der Waals surface area contributed by atoms with Crippen molar-refractivity contribution in [1.82, 2.24) is 4.90 Å². The summed E-state index contributed by atoms with van der Waals surface area (Å²) in [5, 5.41) is 19.6. The van der Waals surface area contributed by atoms with E-state index in [2.05, 4.69) is 4.90 Å². The molecule has 0 spiro atoms. The molecule has 8 heteroatoms. The third-order valence-corrected chi connectivity index (χ3v) is 6.01. The van der Waals surface area contributed by atoms with Gasteiger partial charge in [0.15, 0.2) is 0 Å². The fourth-order valence-corrected chi connectivity index (χ4v) is 4.59. The van der Waals surface area contributed by atoms with Gasteiger partial charge in [-0.05, 0) is 24.0 Å². The van der Waals surface area contributed by atoms with Crippen LogP contribution in [0, 0.1) is 0 Å². The Kier molecular flexibility index (Phi) is 4.47. The molecule has 2 aliphatic heterocycles. The van der Waals surface area contributed by atoms with Crippen molar-refractivity contribution in [1.29, 1.82) is 0 Å². The largest absolute Gasteiger partial charge is 0.535 e. The Morgan fingerprint density at radius 2 is 2.17 bits per heavy atom. The van der Waals surface area contributed by atoms with Crippen LogP contribution in [0.15, 0.2) is 17.0 Å². The molecule has 0 radical (unpaired) electrons. The van der Waals surface area contributed by atoms with Crippen LogP contribution in [-0.2, 0) is 4.74 Å². The van der Waals surface area contributed by atoms with Crippen LogP contribution in [-0.4, -0.2) is 66.7 Å². The summed E-state index contributed by atoms with van der Waals surface area (Å²) in [7, 11) is -0.880. The number of aromatic carboxylic acids is 1. The van der Waals surface area contributed by atoms with Crippen molar-refractivity contribution in [2.45, 2.75) is 23.1 Å². The molecule has 2 atom stereocenters. The molecular formula is C16H20BNO5S. The van der Waals surface area contributed by atoms with E-state index < -0.39 is 13.1 Å². The number of rotatable bonds is 5. The maximum absolute atomic E-state index is 11.8. The van der Waals surface area contributed by atoms with E-state index >= 15 is 0 Å². The zero-order valence-corrected chi connectivity index (χ0v) is 14.1. The maximum atomic E-state index is 11.8. The standard InChI is InChI=1S/C16H20BNO5S/c19-16(20)14-13(24-8-5-18-3-6-22-7-4-18)2-1-10-11-9-12(11)17(21)23-15(10)14/h1-2,11-12,21H,3-9H2,(H,19,20). The van der Waals surface area contributed by atoms with E-state index in [1.165, 1.54) is 11.8 Å². The molecule has 3 aliphatic rings. The third kappa shape index (κ3) is 3.03. The summed E-state index contributed by atoms with van der Waals surface area (Å²) in [6.45, 7) is 4.28. The third-order valence-electron chi connectivity index (χ3n) is 4.98. The number of hydrogen-bond acceptors (Lipinski definition) is 6. The van der Waals surface area contributed by atoms with E-state index in [1.54, 1.807) is 0 Å². The van der Waals surface area contributed by atoms with E-state index in [-0.39, 0.29) is 17.3 Å². The number of morpholine rings is 1. The Balaban J connectivity index is 1.50. The molecule has 4 rings (SSSR count). The number of thioether (sulfide) groups is 1. The first-order valence-electron chi connectivity index (χ1n) is 8.33. The van der Waals surface area contributed by atoms with Crippen molar-refractivity contribution in [2.75, 3.05) is 38.6 Å². The van der Waals surface area contributed by atoms with Gasteiger partial charge in [-0.1, -0.05) is 6.07 Å². The molecule has 0 amide bonds. The molecule has 0 bridgehead atoms. The van der Waals surface area contributed by atoms with Gasteiger partial charge in [0, 0.05) is 36.1 Å². The Hall–Kier alpha value is -1.22. The topological polar surface area (TPSA) is 79.2 Å². The molecule has 24 heavy (non-hydrogen) atoms. The van der Waals surface area contributed by atoms with Gasteiger partial charge in [0.1, 0.15) is 11.3 Å². The molecular weight excluding hydrogens is 329 g/mol. The lowest BCUT2D eigenvalue weighted by Crippen LogP contribution is -2.37. The second kappa shape index (κ2) is 6.59. The first kappa shape index (κ1) is 16.3. The molecule has 2 N–H and O–H groups in total. The molecule has 2 heterocycles. The molecule has 2 unspecified atom stereocenters. The number of hydrogen-bond donors (Lipinski definition) is 2. The van der Waals surface area contributed by atoms with Crippen LogP contribution in [0.4, 0.5) is 0 Å². The number of carboxylic acid groups (broad SMARTS) is 1. The number of ether oxygens (including phenoxy) is 1. The highest BCUT2D eigenvalue weighted by Crippen LogP contribution is 2.60. The number of carbonyl (C=O) groups is 1. The Labute approximate surface area is 145 Å². The average molecular weight is 349 g/mol. The number of carboxylic acids is 1. The van der Waals surface area contributed by atoms with Crippen LogP contribution in [0.1, 0.15) is 28.3 Å². The van der Waals surface area contributed by atoms with Crippen molar-refractivity contribution in [3.8, 4) is 5.75 Å². The summed E-state index contributed by atoms with van der Waals surface area (Å²) in [4.78, 5) is 14.8. The highest BCUT2D eigenvalue weighted by Gasteiger charge is 2.54. The highest BCUT2D eigenvalue weighted by atomic mass is 32.2. The van der Waals surface area contributed by atoms with Crippen molar-refractivity contribution in [3.63, 3.8) is 0 Å². The fourth-order valence-electron chi connectivity index (χ4n) is 3.53. The van der Waals surface area contributed by atoms with E-state index in [0.29, 0.717) is 10.6 Å². The van der Waals surface area contributed by atoms with E-state index in [4.69, 9.17) is 9.39 Å². The molecule has 128 valence electrons. The van der Waals surface area contributed by atoms with Crippen LogP contribution in [0.3, 0.4) is 0 Å². The first-order chi connectivity index (χ1) is 11.6. The molecule has 1 saturated heterocycles. The second-order valence-corrected chi connectivity index (χ2v) is 7.62. The summed E-state index contributed by atoms with van der Waals surface area (Å²) in [5.41, 5.74) is 1.13. The smallest absolute Gasteiger partial charge is 0.526 e. The molecule has 1 aliphatic carbocycles. The van der Waals surface area contributed by atoms with Gasteiger partial charge in [0.2, 0.25) is 0 Å². The van der Waals surface area contributed by atoms with Crippen LogP contribution in [0.25, 0.3) is 0 Å². The quantitative estimate of drug-likeness (QED) is 0.617. The predicted octanol–water partition coefficient (Wildman–Crippen LogP) is 1.54. The van der Waals surface area contributed by atoms with Gasteiger partial charge in [-0.25, -0.2) is 4.79 Å². The van der Waals surface area contributed by atoms with Crippen molar-refractivity contribution in [3.05, 3.63) is 23.3 Å². The van der Waals surface area contributed by atoms with Crippen molar-refractivity contribution < 1.29 is 24.3 Å².